The van der Waals surface area contributed by atoms with Crippen LogP contribution in [0.4, 0.5) is 0 Å². The minimum atomic E-state index is 0.637. The highest BCUT2D eigenvalue weighted by Gasteiger charge is 2.55. The summed E-state index contributed by atoms with van der Waals surface area (Å²) in [6, 6.07) is 11.6. The molecule has 1 aliphatic heterocycles. The highest BCUT2D eigenvalue weighted by Crippen LogP contribution is 2.54. The summed E-state index contributed by atoms with van der Waals surface area (Å²) in [6.07, 6.45) is 2.86. The lowest BCUT2D eigenvalue weighted by Crippen LogP contribution is -2.36. The zero-order valence-electron chi connectivity index (χ0n) is 10.9. The number of nitrogens with zero attached hydrogens (tertiary/aromatic N) is 2. The van der Waals surface area contributed by atoms with Gasteiger partial charge in [0.05, 0.1) is 0 Å². The van der Waals surface area contributed by atoms with Gasteiger partial charge < -0.3 is 4.90 Å². The van der Waals surface area contributed by atoms with Crippen LogP contribution in [0.25, 0.3) is 0 Å². The minimum Gasteiger partial charge on any atom is -0.305 e. The monoisotopic (exact) mass is 230 g/mol. The number of benzene rings is 1. The number of likely N-dealkylation sites (N-methyl/N-ethyl adjacent to an activating group) is 1. The Labute approximate surface area is 104 Å². The van der Waals surface area contributed by atoms with Crippen LogP contribution in [-0.4, -0.2) is 43.0 Å². The molecule has 0 amide bonds. The average molecular weight is 230 g/mol. The van der Waals surface area contributed by atoms with Crippen molar-refractivity contribution in [1.82, 2.24) is 9.80 Å². The molecule has 0 bridgehead atoms. The van der Waals surface area contributed by atoms with Gasteiger partial charge in [0, 0.05) is 25.7 Å². The first-order chi connectivity index (χ1) is 8.20. The van der Waals surface area contributed by atoms with Gasteiger partial charge in [0.25, 0.3) is 0 Å². The fourth-order valence-electron chi connectivity index (χ4n) is 3.38. The molecule has 1 aliphatic carbocycles. The van der Waals surface area contributed by atoms with Crippen LogP contribution < -0.4 is 0 Å². The molecule has 1 heterocycles. The van der Waals surface area contributed by atoms with Crippen LogP contribution in [0.3, 0.4) is 0 Å². The van der Waals surface area contributed by atoms with Crippen LogP contribution >= 0.6 is 0 Å². The van der Waals surface area contributed by atoms with Crippen LogP contribution in [0.2, 0.25) is 0 Å². The summed E-state index contributed by atoms with van der Waals surface area (Å²) in [7, 11) is 4.47. The molecular formula is C15H22N2. The van der Waals surface area contributed by atoms with Gasteiger partial charge in [-0.1, -0.05) is 30.3 Å². The minimum absolute atomic E-state index is 0.637. The maximum absolute atomic E-state index is 2.63. The molecule has 1 spiro atoms. The smallest absolute Gasteiger partial charge is 0.0285 e. The maximum atomic E-state index is 2.63. The summed E-state index contributed by atoms with van der Waals surface area (Å²) in [5.74, 6) is 0. The number of rotatable bonds is 3. The van der Waals surface area contributed by atoms with Crippen molar-refractivity contribution in [3.63, 3.8) is 0 Å². The molecule has 17 heavy (non-hydrogen) atoms. The van der Waals surface area contributed by atoms with Crippen LogP contribution in [0.5, 0.6) is 0 Å². The Morgan fingerprint density at radius 1 is 1.24 bits per heavy atom. The second-order valence-electron chi connectivity index (χ2n) is 6.00. The average Bonchev–Trinajstić information content (AvgIpc) is 2.97. The van der Waals surface area contributed by atoms with Crippen molar-refractivity contribution in [3.8, 4) is 0 Å². The van der Waals surface area contributed by atoms with E-state index in [-0.39, 0.29) is 0 Å². The Morgan fingerprint density at radius 2 is 1.94 bits per heavy atom. The van der Waals surface area contributed by atoms with Crippen molar-refractivity contribution in [2.45, 2.75) is 25.4 Å². The largest absolute Gasteiger partial charge is 0.305 e. The van der Waals surface area contributed by atoms with Gasteiger partial charge >= 0.3 is 0 Å². The first-order valence-corrected chi connectivity index (χ1v) is 6.62. The zero-order chi connectivity index (χ0) is 11.9. The lowest BCUT2D eigenvalue weighted by atomic mass is 10.0. The topological polar surface area (TPSA) is 6.48 Å². The van der Waals surface area contributed by atoms with E-state index in [1.165, 1.54) is 31.5 Å². The predicted molar refractivity (Wildman–Crippen MR) is 70.9 cm³/mol. The van der Waals surface area contributed by atoms with E-state index in [0.717, 1.165) is 12.6 Å². The van der Waals surface area contributed by atoms with Gasteiger partial charge in [0.1, 0.15) is 0 Å². The van der Waals surface area contributed by atoms with Gasteiger partial charge in [-0.25, -0.2) is 0 Å². The van der Waals surface area contributed by atoms with Gasteiger partial charge in [0.2, 0.25) is 0 Å². The molecule has 1 aromatic carbocycles. The van der Waals surface area contributed by atoms with Crippen LogP contribution in [-0.2, 0) is 6.54 Å². The van der Waals surface area contributed by atoms with Crippen molar-refractivity contribution in [2.24, 2.45) is 5.41 Å². The molecular weight excluding hydrogens is 208 g/mol. The Balaban J connectivity index is 1.67. The fourth-order valence-corrected chi connectivity index (χ4v) is 3.38. The summed E-state index contributed by atoms with van der Waals surface area (Å²) in [5.41, 5.74) is 2.08. The van der Waals surface area contributed by atoms with E-state index in [4.69, 9.17) is 0 Å². The van der Waals surface area contributed by atoms with Gasteiger partial charge in [-0.2, -0.15) is 0 Å². The molecule has 1 aromatic rings. The molecule has 2 heteroatoms. The fraction of sp³-hybridized carbons (Fsp3) is 0.600. The standard InChI is InChI=1S/C15H22N2/c1-16(2)14-11-17(12-15(14)8-9-15)10-13-6-4-3-5-7-13/h3-7,14H,8-12H2,1-2H3. The summed E-state index contributed by atoms with van der Waals surface area (Å²) >= 11 is 0. The normalized spacial score (nSPS) is 26.9. The van der Waals surface area contributed by atoms with E-state index < -0.39 is 0 Å². The van der Waals surface area contributed by atoms with Crippen molar-refractivity contribution in [1.29, 1.82) is 0 Å². The van der Waals surface area contributed by atoms with Crippen molar-refractivity contribution < 1.29 is 0 Å². The molecule has 0 N–H and O–H groups in total. The lowest BCUT2D eigenvalue weighted by molar-refractivity contribution is 0.235. The maximum Gasteiger partial charge on any atom is 0.0285 e. The Bertz CT molecular complexity index is 381. The van der Waals surface area contributed by atoms with Gasteiger partial charge in [0.15, 0.2) is 0 Å². The number of likely N-dealkylation sites (tertiary alicyclic amines) is 1. The van der Waals surface area contributed by atoms with E-state index in [0.29, 0.717) is 5.41 Å². The SMILES string of the molecule is CN(C)C1CN(Cc2ccccc2)CC12CC2. The molecule has 1 unspecified atom stereocenters. The van der Waals surface area contributed by atoms with E-state index in [1.807, 2.05) is 0 Å². The summed E-state index contributed by atoms with van der Waals surface area (Å²) < 4.78 is 0. The molecule has 0 radical (unpaired) electrons. The van der Waals surface area contributed by atoms with Gasteiger partial charge in [-0.3, -0.25) is 4.90 Å². The molecule has 0 aromatic heterocycles. The van der Waals surface area contributed by atoms with Gasteiger partial charge in [-0.05, 0) is 37.9 Å². The second kappa shape index (κ2) is 4.11. The Kier molecular flexibility index (Phi) is 2.72. The molecule has 2 fully saturated rings. The number of hydrogen-bond acceptors (Lipinski definition) is 2. The quantitative estimate of drug-likeness (QED) is 0.785. The summed E-state index contributed by atoms with van der Waals surface area (Å²) in [5, 5.41) is 0. The molecule has 3 rings (SSSR count). The highest BCUT2D eigenvalue weighted by atomic mass is 15.3. The first-order valence-electron chi connectivity index (χ1n) is 6.62. The molecule has 2 aliphatic rings. The van der Waals surface area contributed by atoms with Crippen molar-refractivity contribution in [3.05, 3.63) is 35.9 Å². The lowest BCUT2D eigenvalue weighted by Gasteiger charge is -2.24. The van der Waals surface area contributed by atoms with Gasteiger partial charge in [-0.15, -0.1) is 0 Å². The number of hydrogen-bond donors (Lipinski definition) is 0. The van der Waals surface area contributed by atoms with E-state index >= 15 is 0 Å². The van der Waals surface area contributed by atoms with E-state index in [2.05, 4.69) is 54.2 Å². The van der Waals surface area contributed by atoms with E-state index in [9.17, 15) is 0 Å². The zero-order valence-corrected chi connectivity index (χ0v) is 10.9. The molecule has 2 nitrogen and oxygen atoms in total. The molecule has 1 saturated carbocycles. The molecule has 1 saturated heterocycles. The van der Waals surface area contributed by atoms with Crippen LogP contribution in [0.15, 0.2) is 30.3 Å². The Morgan fingerprint density at radius 3 is 2.47 bits per heavy atom. The second-order valence-corrected chi connectivity index (χ2v) is 6.00. The Hall–Kier alpha value is -0.860. The molecule has 92 valence electrons. The highest BCUT2D eigenvalue weighted by molar-refractivity contribution is 5.16. The predicted octanol–water partition coefficient (Wildman–Crippen LogP) is 2.21. The van der Waals surface area contributed by atoms with Crippen LogP contribution in [0, 0.1) is 5.41 Å². The third-order valence-electron chi connectivity index (χ3n) is 4.44. The third kappa shape index (κ3) is 2.12. The van der Waals surface area contributed by atoms with Crippen LogP contribution in [0.1, 0.15) is 18.4 Å². The summed E-state index contributed by atoms with van der Waals surface area (Å²) in [4.78, 5) is 5.06. The van der Waals surface area contributed by atoms with E-state index in [1.54, 1.807) is 0 Å². The first kappa shape index (κ1) is 11.2. The third-order valence-corrected chi connectivity index (χ3v) is 4.44. The van der Waals surface area contributed by atoms with Crippen molar-refractivity contribution >= 4 is 0 Å². The molecule has 1 atom stereocenters. The van der Waals surface area contributed by atoms with Crippen molar-refractivity contribution in [2.75, 3.05) is 27.2 Å². The summed E-state index contributed by atoms with van der Waals surface area (Å²) in [6.45, 7) is 3.65.